The summed E-state index contributed by atoms with van der Waals surface area (Å²) < 4.78 is 10.6. The molecule has 138 valence electrons. The van der Waals surface area contributed by atoms with Crippen LogP contribution in [0, 0.1) is 10.1 Å². The van der Waals surface area contributed by atoms with Crippen molar-refractivity contribution >= 4 is 23.4 Å². The standard InChI is InChI=1S/C20H18N2O5/c23-19(21-17-6-4-13-2-1-3-14(13)8-17)7-5-15-9-18(22(24)25)10-16-11-26-12-27-20(15)16/h4-10H,1-3,11-12H2,(H,21,23)/b7-5+. The van der Waals surface area contributed by atoms with Crippen molar-refractivity contribution in [3.05, 3.63) is 68.8 Å². The summed E-state index contributed by atoms with van der Waals surface area (Å²) in [5, 5.41) is 14.0. The molecule has 2 aliphatic rings. The quantitative estimate of drug-likeness (QED) is 0.507. The van der Waals surface area contributed by atoms with Crippen LogP contribution in [0.2, 0.25) is 0 Å². The molecule has 0 aromatic heterocycles. The van der Waals surface area contributed by atoms with E-state index in [9.17, 15) is 14.9 Å². The maximum Gasteiger partial charge on any atom is 0.270 e. The van der Waals surface area contributed by atoms with Crippen LogP contribution in [-0.4, -0.2) is 17.6 Å². The SMILES string of the molecule is O=C(/C=C/c1cc([N+](=O)[O-])cc2c1OCOC2)Nc1ccc2c(c1)CCC2. The van der Waals surface area contributed by atoms with Crippen molar-refractivity contribution < 1.29 is 19.2 Å². The maximum absolute atomic E-state index is 12.3. The third-order valence-electron chi connectivity index (χ3n) is 4.71. The molecule has 0 saturated heterocycles. The van der Waals surface area contributed by atoms with Gasteiger partial charge in [0.05, 0.1) is 11.5 Å². The first-order valence-corrected chi connectivity index (χ1v) is 8.73. The highest BCUT2D eigenvalue weighted by molar-refractivity contribution is 6.02. The van der Waals surface area contributed by atoms with Crippen molar-refractivity contribution in [2.24, 2.45) is 0 Å². The molecule has 7 heteroatoms. The van der Waals surface area contributed by atoms with E-state index in [0.717, 1.165) is 24.9 Å². The molecule has 0 fully saturated rings. The Morgan fingerprint density at radius 2 is 2.00 bits per heavy atom. The number of nitrogens with one attached hydrogen (secondary N) is 1. The number of benzene rings is 2. The number of hydrogen-bond acceptors (Lipinski definition) is 5. The number of nitrogens with zero attached hydrogens (tertiary/aromatic N) is 1. The van der Waals surface area contributed by atoms with Crippen LogP contribution in [0.25, 0.3) is 6.08 Å². The second kappa shape index (κ2) is 7.20. The summed E-state index contributed by atoms with van der Waals surface area (Å²) in [6, 6.07) is 8.77. The zero-order valence-corrected chi connectivity index (χ0v) is 14.6. The highest BCUT2D eigenvalue weighted by Crippen LogP contribution is 2.33. The van der Waals surface area contributed by atoms with Gasteiger partial charge in [-0.1, -0.05) is 6.07 Å². The van der Waals surface area contributed by atoms with Crippen molar-refractivity contribution in [3.8, 4) is 5.75 Å². The largest absolute Gasteiger partial charge is 0.467 e. The highest BCUT2D eigenvalue weighted by Gasteiger charge is 2.20. The minimum absolute atomic E-state index is 0.0680. The summed E-state index contributed by atoms with van der Waals surface area (Å²) in [6.07, 6.45) is 6.15. The number of carbonyl (C=O) groups is 1. The van der Waals surface area contributed by atoms with E-state index in [2.05, 4.69) is 5.32 Å². The molecule has 1 aliphatic carbocycles. The predicted octanol–water partition coefficient (Wildman–Crippen LogP) is 3.60. The van der Waals surface area contributed by atoms with Gasteiger partial charge in [-0.2, -0.15) is 0 Å². The summed E-state index contributed by atoms with van der Waals surface area (Å²) in [5.41, 5.74) is 4.36. The summed E-state index contributed by atoms with van der Waals surface area (Å²) >= 11 is 0. The van der Waals surface area contributed by atoms with E-state index >= 15 is 0 Å². The van der Waals surface area contributed by atoms with Crippen LogP contribution in [0.1, 0.15) is 28.7 Å². The third kappa shape index (κ3) is 3.68. The molecule has 4 rings (SSSR count). The number of nitro benzene ring substituents is 1. The van der Waals surface area contributed by atoms with E-state index in [1.54, 1.807) is 0 Å². The summed E-state index contributed by atoms with van der Waals surface area (Å²) in [7, 11) is 0. The Labute approximate surface area is 155 Å². The molecule has 0 atom stereocenters. The van der Waals surface area contributed by atoms with Crippen molar-refractivity contribution in [2.45, 2.75) is 25.9 Å². The van der Waals surface area contributed by atoms with E-state index < -0.39 is 4.92 Å². The number of anilines is 1. The maximum atomic E-state index is 12.3. The Morgan fingerprint density at radius 1 is 1.15 bits per heavy atom. The number of non-ortho nitro benzene ring substituents is 1. The smallest absolute Gasteiger partial charge is 0.270 e. The van der Waals surface area contributed by atoms with Crippen molar-refractivity contribution in [2.75, 3.05) is 12.1 Å². The molecule has 7 nitrogen and oxygen atoms in total. The number of amides is 1. The summed E-state index contributed by atoms with van der Waals surface area (Å²) in [6.45, 7) is 0.312. The van der Waals surface area contributed by atoms with E-state index in [1.165, 1.54) is 35.4 Å². The van der Waals surface area contributed by atoms with Gasteiger partial charge in [-0.05, 0) is 48.6 Å². The number of aryl methyl sites for hydroxylation is 2. The monoisotopic (exact) mass is 366 g/mol. The van der Waals surface area contributed by atoms with Crippen molar-refractivity contribution in [1.29, 1.82) is 0 Å². The first-order chi connectivity index (χ1) is 13.1. The molecule has 27 heavy (non-hydrogen) atoms. The zero-order chi connectivity index (χ0) is 18.8. The van der Waals surface area contributed by atoms with E-state index in [1.807, 2.05) is 18.2 Å². The number of ether oxygens (including phenoxy) is 2. The number of carbonyl (C=O) groups excluding carboxylic acids is 1. The number of rotatable bonds is 4. The molecule has 0 radical (unpaired) electrons. The molecule has 2 aromatic carbocycles. The normalized spacial score (nSPS) is 15.1. The van der Waals surface area contributed by atoms with E-state index in [4.69, 9.17) is 9.47 Å². The van der Waals surface area contributed by atoms with Crippen LogP contribution in [-0.2, 0) is 29.0 Å². The van der Waals surface area contributed by atoms with Crippen LogP contribution in [0.15, 0.2) is 36.4 Å². The molecule has 1 heterocycles. The summed E-state index contributed by atoms with van der Waals surface area (Å²) in [4.78, 5) is 22.9. The van der Waals surface area contributed by atoms with E-state index in [0.29, 0.717) is 16.9 Å². The molecule has 0 unspecified atom stereocenters. The molecular weight excluding hydrogens is 348 g/mol. The second-order valence-electron chi connectivity index (χ2n) is 6.55. The van der Waals surface area contributed by atoms with Gasteiger partial charge in [0.25, 0.3) is 5.69 Å². The van der Waals surface area contributed by atoms with E-state index in [-0.39, 0.29) is 25.0 Å². The molecule has 0 spiro atoms. The molecule has 1 aliphatic heterocycles. The van der Waals surface area contributed by atoms with Gasteiger partial charge in [0, 0.05) is 35.0 Å². The minimum Gasteiger partial charge on any atom is -0.467 e. The Kier molecular flexibility index (Phi) is 4.60. The number of hydrogen-bond donors (Lipinski definition) is 1. The minimum atomic E-state index is -0.475. The van der Waals surface area contributed by atoms with Crippen LogP contribution < -0.4 is 10.1 Å². The second-order valence-corrected chi connectivity index (χ2v) is 6.55. The first kappa shape index (κ1) is 17.2. The lowest BCUT2D eigenvalue weighted by atomic mass is 10.1. The lowest BCUT2D eigenvalue weighted by molar-refractivity contribution is -0.385. The number of fused-ring (bicyclic) bond motifs is 2. The lowest BCUT2D eigenvalue weighted by Gasteiger charge is -2.19. The summed E-state index contributed by atoms with van der Waals surface area (Å²) in [5.74, 6) is 0.202. The molecule has 0 bridgehead atoms. The molecule has 2 aromatic rings. The number of nitro groups is 1. The Balaban J connectivity index is 1.54. The third-order valence-corrected chi connectivity index (χ3v) is 4.71. The molecule has 1 amide bonds. The fourth-order valence-corrected chi connectivity index (χ4v) is 3.46. The first-order valence-electron chi connectivity index (χ1n) is 8.73. The predicted molar refractivity (Wildman–Crippen MR) is 99.5 cm³/mol. The lowest BCUT2D eigenvalue weighted by Crippen LogP contribution is -2.13. The van der Waals surface area contributed by atoms with Crippen LogP contribution in [0.3, 0.4) is 0 Å². The zero-order valence-electron chi connectivity index (χ0n) is 14.6. The van der Waals surface area contributed by atoms with Gasteiger partial charge in [-0.25, -0.2) is 0 Å². The van der Waals surface area contributed by atoms with Gasteiger partial charge in [-0.15, -0.1) is 0 Å². The van der Waals surface area contributed by atoms with Crippen molar-refractivity contribution in [1.82, 2.24) is 0 Å². The van der Waals surface area contributed by atoms with Gasteiger partial charge >= 0.3 is 0 Å². The van der Waals surface area contributed by atoms with Gasteiger partial charge in [0.1, 0.15) is 5.75 Å². The Hall–Kier alpha value is -3.19. The van der Waals surface area contributed by atoms with Crippen LogP contribution in [0.5, 0.6) is 5.75 Å². The van der Waals surface area contributed by atoms with Crippen LogP contribution >= 0.6 is 0 Å². The molecule has 0 saturated carbocycles. The highest BCUT2D eigenvalue weighted by atomic mass is 16.7. The average Bonchev–Trinajstić information content (AvgIpc) is 3.13. The molecular formula is C20H18N2O5. The average molecular weight is 366 g/mol. The van der Waals surface area contributed by atoms with Crippen molar-refractivity contribution in [3.63, 3.8) is 0 Å². The Morgan fingerprint density at radius 3 is 2.85 bits per heavy atom. The van der Waals surface area contributed by atoms with Gasteiger partial charge in [-0.3, -0.25) is 14.9 Å². The molecule has 1 N–H and O–H groups in total. The fraction of sp³-hybridized carbons (Fsp3) is 0.250. The van der Waals surface area contributed by atoms with Crippen LogP contribution in [0.4, 0.5) is 11.4 Å². The topological polar surface area (TPSA) is 90.7 Å². The van der Waals surface area contributed by atoms with Gasteiger partial charge in [0.2, 0.25) is 5.91 Å². The van der Waals surface area contributed by atoms with Gasteiger partial charge < -0.3 is 14.8 Å². The fourth-order valence-electron chi connectivity index (χ4n) is 3.46. The van der Waals surface area contributed by atoms with Gasteiger partial charge in [0.15, 0.2) is 6.79 Å². The Bertz CT molecular complexity index is 952.